The van der Waals surface area contributed by atoms with E-state index in [9.17, 15) is 0 Å². The van der Waals surface area contributed by atoms with Crippen molar-refractivity contribution in [1.82, 2.24) is 0 Å². The number of benzene rings is 1. The van der Waals surface area contributed by atoms with E-state index in [0.29, 0.717) is 5.92 Å². The van der Waals surface area contributed by atoms with Crippen LogP contribution in [0.15, 0.2) is 53.2 Å². The van der Waals surface area contributed by atoms with E-state index in [0.717, 1.165) is 0 Å². The molecule has 1 atom stereocenters. The molecule has 3 rings (SSSR count). The second-order valence-electron chi connectivity index (χ2n) is 4.52. The minimum Gasteiger partial charge on any atom is -0.152 e. The Morgan fingerprint density at radius 2 is 2.06 bits per heavy atom. The SMILES string of the molecule is C=C(C)[C@@H]1C(c2ccsc2)=Cc2ccccc21. The van der Waals surface area contributed by atoms with E-state index in [-0.39, 0.29) is 0 Å². The third kappa shape index (κ3) is 1.67. The topological polar surface area (TPSA) is 0 Å². The van der Waals surface area contributed by atoms with Crippen LogP contribution in [0.3, 0.4) is 0 Å². The summed E-state index contributed by atoms with van der Waals surface area (Å²) < 4.78 is 0. The van der Waals surface area contributed by atoms with Gasteiger partial charge in [-0.05, 0) is 52.1 Å². The van der Waals surface area contributed by atoms with Gasteiger partial charge in [-0.1, -0.05) is 36.4 Å². The van der Waals surface area contributed by atoms with Gasteiger partial charge in [-0.25, -0.2) is 0 Å². The number of hydrogen-bond donors (Lipinski definition) is 0. The first kappa shape index (κ1) is 10.5. The number of rotatable bonds is 2. The van der Waals surface area contributed by atoms with Gasteiger partial charge in [0.2, 0.25) is 0 Å². The van der Waals surface area contributed by atoms with Gasteiger partial charge in [-0.15, -0.1) is 0 Å². The molecule has 0 fully saturated rings. The molecule has 17 heavy (non-hydrogen) atoms. The Bertz CT molecular complexity index is 588. The molecule has 0 N–H and O–H groups in total. The second-order valence-corrected chi connectivity index (χ2v) is 5.30. The fourth-order valence-corrected chi connectivity index (χ4v) is 3.20. The zero-order valence-corrected chi connectivity index (χ0v) is 10.6. The predicted octanol–water partition coefficient (Wildman–Crippen LogP) is 4.96. The lowest BCUT2D eigenvalue weighted by Crippen LogP contribution is -1.98. The van der Waals surface area contributed by atoms with Crippen molar-refractivity contribution in [2.24, 2.45) is 0 Å². The van der Waals surface area contributed by atoms with Gasteiger partial charge in [0, 0.05) is 5.92 Å². The molecule has 0 aliphatic heterocycles. The molecule has 1 heteroatoms. The zero-order chi connectivity index (χ0) is 11.8. The van der Waals surface area contributed by atoms with Crippen molar-refractivity contribution in [1.29, 1.82) is 0 Å². The summed E-state index contributed by atoms with van der Waals surface area (Å²) in [6, 6.07) is 10.8. The van der Waals surface area contributed by atoms with E-state index >= 15 is 0 Å². The summed E-state index contributed by atoms with van der Waals surface area (Å²) in [7, 11) is 0. The van der Waals surface area contributed by atoms with E-state index in [1.807, 2.05) is 0 Å². The Morgan fingerprint density at radius 3 is 2.76 bits per heavy atom. The highest BCUT2D eigenvalue weighted by Gasteiger charge is 2.26. The standard InChI is InChI=1S/C16H14S/c1-11(2)16-14-6-4-3-5-12(14)9-15(16)13-7-8-17-10-13/h3-10,16H,1H2,2H3/t16-/m0/s1. The number of hydrogen-bond acceptors (Lipinski definition) is 1. The van der Waals surface area contributed by atoms with Crippen LogP contribution in [0, 0.1) is 0 Å². The average molecular weight is 238 g/mol. The molecule has 1 aromatic heterocycles. The molecular formula is C16H14S. The van der Waals surface area contributed by atoms with Crippen molar-refractivity contribution >= 4 is 23.0 Å². The lowest BCUT2D eigenvalue weighted by molar-refractivity contribution is 1.04. The first-order valence-electron chi connectivity index (χ1n) is 5.76. The van der Waals surface area contributed by atoms with Gasteiger partial charge in [0.1, 0.15) is 0 Å². The molecule has 0 saturated heterocycles. The van der Waals surface area contributed by atoms with Crippen LogP contribution in [0.2, 0.25) is 0 Å². The smallest absolute Gasteiger partial charge is 0.0306 e. The van der Waals surface area contributed by atoms with Gasteiger partial charge in [0.05, 0.1) is 0 Å². The summed E-state index contributed by atoms with van der Waals surface area (Å²) in [6.07, 6.45) is 2.30. The molecular weight excluding hydrogens is 224 g/mol. The molecule has 2 aromatic rings. The highest BCUT2D eigenvalue weighted by molar-refractivity contribution is 7.08. The Kier molecular flexibility index (Phi) is 2.49. The summed E-state index contributed by atoms with van der Waals surface area (Å²) in [5.74, 6) is 0.362. The van der Waals surface area contributed by atoms with Crippen molar-refractivity contribution in [3.8, 4) is 0 Å². The van der Waals surface area contributed by atoms with Gasteiger partial charge < -0.3 is 0 Å². The molecule has 1 heterocycles. The molecule has 84 valence electrons. The first-order chi connectivity index (χ1) is 8.27. The summed E-state index contributed by atoms with van der Waals surface area (Å²) in [5, 5.41) is 4.35. The van der Waals surface area contributed by atoms with Crippen LogP contribution in [0.1, 0.15) is 29.5 Å². The Hall–Kier alpha value is -1.60. The molecule has 0 radical (unpaired) electrons. The Balaban J connectivity index is 2.16. The Labute approximate surface area is 106 Å². The van der Waals surface area contributed by atoms with Crippen LogP contribution in [-0.2, 0) is 0 Å². The lowest BCUT2D eigenvalue weighted by Gasteiger charge is -2.16. The minimum atomic E-state index is 0.362. The van der Waals surface area contributed by atoms with Crippen LogP contribution < -0.4 is 0 Å². The minimum absolute atomic E-state index is 0.362. The monoisotopic (exact) mass is 238 g/mol. The highest BCUT2D eigenvalue weighted by Crippen LogP contribution is 2.45. The molecule has 0 spiro atoms. The molecule has 0 amide bonds. The lowest BCUT2D eigenvalue weighted by atomic mass is 9.87. The van der Waals surface area contributed by atoms with E-state index in [1.54, 1.807) is 11.3 Å². The van der Waals surface area contributed by atoms with Crippen molar-refractivity contribution in [2.45, 2.75) is 12.8 Å². The fourth-order valence-electron chi connectivity index (χ4n) is 2.53. The number of allylic oxidation sites excluding steroid dienone is 2. The summed E-state index contributed by atoms with van der Waals surface area (Å²) in [5.41, 5.74) is 6.66. The van der Waals surface area contributed by atoms with Gasteiger partial charge >= 0.3 is 0 Å². The molecule has 0 bridgehead atoms. The molecule has 0 nitrogen and oxygen atoms in total. The quantitative estimate of drug-likeness (QED) is 0.648. The van der Waals surface area contributed by atoms with Gasteiger partial charge in [-0.2, -0.15) is 11.3 Å². The van der Waals surface area contributed by atoms with Crippen LogP contribution in [0.4, 0.5) is 0 Å². The van der Waals surface area contributed by atoms with Crippen molar-refractivity contribution in [2.75, 3.05) is 0 Å². The van der Waals surface area contributed by atoms with Crippen LogP contribution in [-0.4, -0.2) is 0 Å². The predicted molar refractivity (Wildman–Crippen MR) is 76.2 cm³/mol. The maximum atomic E-state index is 4.16. The molecule has 1 aliphatic rings. The maximum Gasteiger partial charge on any atom is 0.0306 e. The largest absolute Gasteiger partial charge is 0.152 e. The van der Waals surface area contributed by atoms with Crippen molar-refractivity contribution in [3.63, 3.8) is 0 Å². The first-order valence-corrected chi connectivity index (χ1v) is 6.70. The van der Waals surface area contributed by atoms with Gasteiger partial charge in [0.25, 0.3) is 0 Å². The van der Waals surface area contributed by atoms with E-state index in [2.05, 4.69) is 60.7 Å². The van der Waals surface area contributed by atoms with Gasteiger partial charge in [-0.3, -0.25) is 0 Å². The van der Waals surface area contributed by atoms with Crippen molar-refractivity contribution < 1.29 is 0 Å². The molecule has 0 unspecified atom stereocenters. The average Bonchev–Trinajstić information content (AvgIpc) is 2.95. The zero-order valence-electron chi connectivity index (χ0n) is 9.81. The third-order valence-corrected chi connectivity index (χ3v) is 3.96. The third-order valence-electron chi connectivity index (χ3n) is 3.28. The molecule has 1 aromatic carbocycles. The Morgan fingerprint density at radius 1 is 1.24 bits per heavy atom. The number of thiophene rings is 1. The maximum absolute atomic E-state index is 4.16. The molecule has 1 aliphatic carbocycles. The van der Waals surface area contributed by atoms with Crippen molar-refractivity contribution in [3.05, 3.63) is 69.9 Å². The highest BCUT2D eigenvalue weighted by atomic mass is 32.1. The summed E-state index contributed by atoms with van der Waals surface area (Å²) in [4.78, 5) is 0. The second kappa shape index (κ2) is 4.01. The van der Waals surface area contributed by atoms with Crippen LogP contribution in [0.5, 0.6) is 0 Å². The van der Waals surface area contributed by atoms with E-state index in [1.165, 1.54) is 27.8 Å². The van der Waals surface area contributed by atoms with Gasteiger partial charge in [0.15, 0.2) is 0 Å². The number of fused-ring (bicyclic) bond motifs is 1. The normalized spacial score (nSPS) is 17.7. The van der Waals surface area contributed by atoms with Crippen LogP contribution >= 0.6 is 11.3 Å². The molecule has 0 saturated carbocycles. The summed E-state index contributed by atoms with van der Waals surface area (Å²) in [6.45, 7) is 6.28. The van der Waals surface area contributed by atoms with E-state index < -0.39 is 0 Å². The fraction of sp³-hybridized carbons (Fsp3) is 0.125. The van der Waals surface area contributed by atoms with Crippen LogP contribution in [0.25, 0.3) is 11.6 Å². The van der Waals surface area contributed by atoms with E-state index in [4.69, 9.17) is 0 Å². The summed E-state index contributed by atoms with van der Waals surface area (Å²) >= 11 is 1.75.